The van der Waals surface area contributed by atoms with Gasteiger partial charge in [0.25, 0.3) is 0 Å². The second kappa shape index (κ2) is 14.5. The monoisotopic (exact) mass is 242 g/mol. The average molecular weight is 242 g/mol. The molecule has 2 N–H and O–H groups in total. The van der Waals surface area contributed by atoms with Crippen molar-refractivity contribution in [3.05, 3.63) is 23.8 Å². The Morgan fingerprint density at radius 2 is 1.12 bits per heavy atom. The molecule has 0 aromatic heterocycles. The maximum Gasteiger partial charge on any atom is 0.160 e. The smallest absolute Gasteiger partial charge is 0.160 e. The summed E-state index contributed by atoms with van der Waals surface area (Å²) in [7, 11) is 0. The molecule has 3 nitrogen and oxygen atoms in total. The fourth-order valence-corrected chi connectivity index (χ4v) is 0.798. The summed E-state index contributed by atoms with van der Waals surface area (Å²) in [6.07, 6.45) is 0. The molecule has 1 rings (SSSR count). The molecule has 0 aliphatic heterocycles. The summed E-state index contributed by atoms with van der Waals surface area (Å²) in [6.45, 7) is 13.4. The Balaban J connectivity index is -0.000000285. The Bertz CT molecular complexity index is 273. The van der Waals surface area contributed by atoms with E-state index in [-0.39, 0.29) is 17.3 Å². The molecular weight excluding hydrogens is 216 g/mol. The molecule has 0 unspecified atom stereocenters. The van der Waals surface area contributed by atoms with E-state index in [0.717, 1.165) is 0 Å². The minimum Gasteiger partial charge on any atom is -0.508 e. The number of phenolic OH excluding ortho intramolecular Hbond substituents is 2. The van der Waals surface area contributed by atoms with Crippen molar-refractivity contribution in [1.82, 2.24) is 0 Å². The number of ketones is 1. The molecule has 17 heavy (non-hydrogen) atoms. The molecule has 0 aliphatic rings. The highest BCUT2D eigenvalue weighted by atomic mass is 16.3. The predicted octanol–water partition coefficient (Wildman–Crippen LogP) is 4.38. The number of carbonyl (C=O) groups excluding carboxylic acids is 1. The lowest BCUT2D eigenvalue weighted by Gasteiger charge is -1.97. The van der Waals surface area contributed by atoms with Gasteiger partial charge in [-0.2, -0.15) is 0 Å². The standard InChI is InChI=1S/C8H8O3.3C2H6/c1-5(9)6-2-7(10)4-8(11)3-6;3*1-2/h2-4,10-11H,1H3;3*1-2H3. The van der Waals surface area contributed by atoms with Gasteiger partial charge in [-0.05, 0) is 19.1 Å². The van der Waals surface area contributed by atoms with Crippen LogP contribution in [0, 0.1) is 0 Å². The number of Topliss-reactive ketones (excluding diaryl/α,β-unsaturated/α-hetero) is 1. The third kappa shape index (κ3) is 10.8. The Morgan fingerprint density at radius 3 is 1.35 bits per heavy atom. The first-order chi connectivity index (χ1) is 8.09. The summed E-state index contributed by atoms with van der Waals surface area (Å²) in [5, 5.41) is 17.9. The molecule has 100 valence electrons. The van der Waals surface area contributed by atoms with Crippen molar-refractivity contribution in [2.45, 2.75) is 48.5 Å². The van der Waals surface area contributed by atoms with E-state index in [9.17, 15) is 4.79 Å². The Kier molecular flexibility index (Phi) is 17.8. The van der Waals surface area contributed by atoms with Gasteiger partial charge in [0.2, 0.25) is 0 Å². The van der Waals surface area contributed by atoms with E-state index in [1.807, 2.05) is 41.5 Å². The maximum absolute atomic E-state index is 10.7. The van der Waals surface area contributed by atoms with Crippen LogP contribution < -0.4 is 0 Å². The topological polar surface area (TPSA) is 57.5 Å². The quantitative estimate of drug-likeness (QED) is 0.718. The average Bonchev–Trinajstić information content (AvgIpc) is 2.35. The highest BCUT2D eigenvalue weighted by Crippen LogP contribution is 2.20. The van der Waals surface area contributed by atoms with Crippen LogP contribution in [0.2, 0.25) is 0 Å². The number of phenols is 2. The van der Waals surface area contributed by atoms with Crippen molar-refractivity contribution in [2.24, 2.45) is 0 Å². The molecule has 1 aromatic rings. The zero-order chi connectivity index (χ0) is 14.4. The van der Waals surface area contributed by atoms with E-state index in [4.69, 9.17) is 10.2 Å². The van der Waals surface area contributed by atoms with Gasteiger partial charge in [-0.25, -0.2) is 0 Å². The summed E-state index contributed by atoms with van der Waals surface area (Å²) in [5.74, 6) is -0.387. The number of hydrogen-bond acceptors (Lipinski definition) is 3. The Morgan fingerprint density at radius 1 is 0.824 bits per heavy atom. The van der Waals surface area contributed by atoms with Crippen LogP contribution in [0.15, 0.2) is 18.2 Å². The lowest BCUT2D eigenvalue weighted by molar-refractivity contribution is 0.101. The number of hydrogen-bond donors (Lipinski definition) is 2. The summed E-state index contributed by atoms with van der Waals surface area (Å²) in [4.78, 5) is 10.7. The lowest BCUT2D eigenvalue weighted by atomic mass is 10.1. The van der Waals surface area contributed by atoms with Crippen molar-refractivity contribution in [3.63, 3.8) is 0 Å². The summed E-state index contributed by atoms with van der Waals surface area (Å²) in [5.41, 5.74) is 0.308. The molecule has 0 saturated heterocycles. The van der Waals surface area contributed by atoms with Crippen LogP contribution in [0.4, 0.5) is 0 Å². The van der Waals surface area contributed by atoms with Crippen LogP contribution in [-0.2, 0) is 0 Å². The molecule has 3 heteroatoms. The lowest BCUT2D eigenvalue weighted by Crippen LogP contribution is -1.90. The maximum atomic E-state index is 10.7. The minimum absolute atomic E-state index is 0.102. The first kappa shape index (κ1) is 20.8. The molecule has 0 spiro atoms. The van der Waals surface area contributed by atoms with Crippen LogP contribution in [0.5, 0.6) is 11.5 Å². The van der Waals surface area contributed by atoms with Crippen molar-refractivity contribution < 1.29 is 15.0 Å². The van der Waals surface area contributed by atoms with Gasteiger partial charge in [0.15, 0.2) is 5.78 Å². The molecule has 0 atom stereocenters. The zero-order valence-corrected chi connectivity index (χ0v) is 12.0. The van der Waals surface area contributed by atoms with E-state index in [0.29, 0.717) is 5.56 Å². The fraction of sp³-hybridized carbons (Fsp3) is 0.500. The largest absolute Gasteiger partial charge is 0.508 e. The molecule has 0 fully saturated rings. The summed E-state index contributed by atoms with van der Waals surface area (Å²) >= 11 is 0. The highest BCUT2D eigenvalue weighted by Gasteiger charge is 2.02. The van der Waals surface area contributed by atoms with Crippen LogP contribution in [0.1, 0.15) is 58.8 Å². The molecule has 0 heterocycles. The van der Waals surface area contributed by atoms with Gasteiger partial charge < -0.3 is 10.2 Å². The molecule has 0 bridgehead atoms. The highest BCUT2D eigenvalue weighted by molar-refractivity contribution is 5.94. The first-order valence-corrected chi connectivity index (χ1v) is 6.13. The molecule has 0 radical (unpaired) electrons. The summed E-state index contributed by atoms with van der Waals surface area (Å²) in [6, 6.07) is 3.79. The van der Waals surface area contributed by atoms with E-state index in [1.54, 1.807) is 0 Å². The number of rotatable bonds is 1. The van der Waals surface area contributed by atoms with E-state index < -0.39 is 0 Å². The number of aromatic hydroxyl groups is 2. The van der Waals surface area contributed by atoms with Gasteiger partial charge in [0.05, 0.1) is 0 Å². The van der Waals surface area contributed by atoms with E-state index in [1.165, 1.54) is 25.1 Å². The van der Waals surface area contributed by atoms with Gasteiger partial charge in [0, 0.05) is 11.6 Å². The molecule has 0 saturated carbocycles. The third-order valence-corrected chi connectivity index (χ3v) is 1.31. The van der Waals surface area contributed by atoms with E-state index in [2.05, 4.69) is 0 Å². The zero-order valence-electron chi connectivity index (χ0n) is 12.0. The van der Waals surface area contributed by atoms with Crippen molar-refractivity contribution in [2.75, 3.05) is 0 Å². The SMILES string of the molecule is CC.CC.CC.CC(=O)c1cc(O)cc(O)c1. The van der Waals surface area contributed by atoms with Crippen LogP contribution in [0.3, 0.4) is 0 Å². The van der Waals surface area contributed by atoms with Crippen LogP contribution in [-0.4, -0.2) is 16.0 Å². The fourth-order valence-electron chi connectivity index (χ4n) is 0.798. The van der Waals surface area contributed by atoms with Crippen LogP contribution in [0.25, 0.3) is 0 Å². The Labute approximate surface area is 105 Å². The predicted molar refractivity (Wildman–Crippen MR) is 73.8 cm³/mol. The van der Waals surface area contributed by atoms with Gasteiger partial charge in [-0.1, -0.05) is 41.5 Å². The third-order valence-electron chi connectivity index (χ3n) is 1.31. The molecule has 0 amide bonds. The van der Waals surface area contributed by atoms with Gasteiger partial charge in [-0.15, -0.1) is 0 Å². The molecule has 0 aliphatic carbocycles. The van der Waals surface area contributed by atoms with Crippen molar-refractivity contribution >= 4 is 5.78 Å². The second-order valence-corrected chi connectivity index (χ2v) is 2.29. The Hall–Kier alpha value is -1.51. The number of carbonyl (C=O) groups is 1. The van der Waals surface area contributed by atoms with Crippen molar-refractivity contribution in [3.8, 4) is 11.5 Å². The van der Waals surface area contributed by atoms with E-state index >= 15 is 0 Å². The minimum atomic E-state index is -0.184. The van der Waals surface area contributed by atoms with Gasteiger partial charge in [0.1, 0.15) is 11.5 Å². The number of benzene rings is 1. The van der Waals surface area contributed by atoms with Crippen LogP contribution >= 0.6 is 0 Å². The molecular formula is C14H26O3. The normalized spacial score (nSPS) is 7.24. The first-order valence-electron chi connectivity index (χ1n) is 6.13. The summed E-state index contributed by atoms with van der Waals surface area (Å²) < 4.78 is 0. The molecule has 1 aromatic carbocycles. The van der Waals surface area contributed by atoms with Gasteiger partial charge >= 0.3 is 0 Å². The van der Waals surface area contributed by atoms with Crippen molar-refractivity contribution in [1.29, 1.82) is 0 Å². The second-order valence-electron chi connectivity index (χ2n) is 2.29. The van der Waals surface area contributed by atoms with Gasteiger partial charge in [-0.3, -0.25) is 4.79 Å².